The normalized spacial score (nSPS) is 21.4. The van der Waals surface area contributed by atoms with Gasteiger partial charge < -0.3 is 10.2 Å². The van der Waals surface area contributed by atoms with Crippen LogP contribution in [0.5, 0.6) is 0 Å². The Balaban J connectivity index is 1.74. The third-order valence-corrected chi connectivity index (χ3v) is 5.27. The van der Waals surface area contributed by atoms with E-state index < -0.39 is 0 Å². The van der Waals surface area contributed by atoms with Gasteiger partial charge in [0.1, 0.15) is 0 Å². The van der Waals surface area contributed by atoms with Crippen LogP contribution in [0.15, 0.2) is 0 Å². The van der Waals surface area contributed by atoms with Gasteiger partial charge in [-0.05, 0) is 63.5 Å². The van der Waals surface area contributed by atoms with Crippen molar-refractivity contribution in [2.24, 2.45) is 11.8 Å². The van der Waals surface area contributed by atoms with Gasteiger partial charge in [0.25, 0.3) is 0 Å². The third kappa shape index (κ3) is 5.98. The number of amides is 1. The summed E-state index contributed by atoms with van der Waals surface area (Å²) in [6.45, 7) is 6.45. The SMILES string of the molecule is CCCN(CC1CCCCC1)C(=O)CCC1CCNCC1. The Labute approximate surface area is 130 Å². The minimum absolute atomic E-state index is 0.418. The fraction of sp³-hybridized carbons (Fsp3) is 0.944. The van der Waals surface area contributed by atoms with E-state index in [9.17, 15) is 4.79 Å². The number of nitrogens with one attached hydrogen (secondary N) is 1. The van der Waals surface area contributed by atoms with E-state index >= 15 is 0 Å². The predicted molar refractivity (Wildman–Crippen MR) is 88.3 cm³/mol. The number of carbonyl (C=O) groups excluding carboxylic acids is 1. The lowest BCUT2D eigenvalue weighted by atomic mass is 9.88. The highest BCUT2D eigenvalue weighted by atomic mass is 16.2. The molecule has 122 valence electrons. The highest BCUT2D eigenvalue weighted by Gasteiger charge is 2.21. The molecule has 0 bridgehead atoms. The molecular formula is C18H34N2O. The van der Waals surface area contributed by atoms with Gasteiger partial charge in [0.05, 0.1) is 0 Å². The second-order valence-corrected chi connectivity index (χ2v) is 7.08. The Hall–Kier alpha value is -0.570. The lowest BCUT2D eigenvalue weighted by molar-refractivity contribution is -0.132. The standard InChI is InChI=1S/C18H34N2O/c1-2-14-20(15-17-6-4-3-5-7-17)18(21)9-8-16-10-12-19-13-11-16/h16-17,19H,2-15H2,1H3. The maximum Gasteiger partial charge on any atom is 0.222 e. The molecule has 2 fully saturated rings. The molecule has 1 N–H and O–H groups in total. The number of rotatable bonds is 7. The molecule has 0 unspecified atom stereocenters. The van der Waals surface area contributed by atoms with Gasteiger partial charge in [-0.1, -0.05) is 26.2 Å². The zero-order chi connectivity index (χ0) is 14.9. The lowest BCUT2D eigenvalue weighted by Gasteiger charge is -2.30. The van der Waals surface area contributed by atoms with Crippen LogP contribution in [-0.2, 0) is 4.79 Å². The molecule has 1 amide bonds. The maximum atomic E-state index is 12.6. The summed E-state index contributed by atoms with van der Waals surface area (Å²) in [6.07, 6.45) is 12.3. The fourth-order valence-electron chi connectivity index (χ4n) is 3.93. The molecule has 3 nitrogen and oxygen atoms in total. The van der Waals surface area contributed by atoms with Crippen LogP contribution in [0.1, 0.15) is 71.1 Å². The second kappa shape index (κ2) is 9.45. The second-order valence-electron chi connectivity index (χ2n) is 7.08. The molecule has 1 aliphatic carbocycles. The topological polar surface area (TPSA) is 32.3 Å². The highest BCUT2D eigenvalue weighted by Crippen LogP contribution is 2.25. The first-order chi connectivity index (χ1) is 10.3. The summed E-state index contributed by atoms with van der Waals surface area (Å²) in [5.41, 5.74) is 0. The molecule has 0 radical (unpaired) electrons. The lowest BCUT2D eigenvalue weighted by Crippen LogP contribution is -2.37. The molecule has 1 aliphatic heterocycles. The minimum atomic E-state index is 0.418. The van der Waals surface area contributed by atoms with E-state index in [0.29, 0.717) is 5.91 Å². The molecule has 1 heterocycles. The Morgan fingerprint density at radius 1 is 1.05 bits per heavy atom. The molecule has 21 heavy (non-hydrogen) atoms. The fourth-order valence-corrected chi connectivity index (χ4v) is 3.93. The van der Waals surface area contributed by atoms with Crippen LogP contribution in [-0.4, -0.2) is 37.0 Å². The molecule has 2 rings (SSSR count). The van der Waals surface area contributed by atoms with Crippen molar-refractivity contribution in [3.05, 3.63) is 0 Å². The van der Waals surface area contributed by atoms with Gasteiger partial charge in [0.2, 0.25) is 5.91 Å². The van der Waals surface area contributed by atoms with Gasteiger partial charge in [-0.3, -0.25) is 4.79 Å². The van der Waals surface area contributed by atoms with Crippen LogP contribution in [0.25, 0.3) is 0 Å². The smallest absolute Gasteiger partial charge is 0.222 e. The summed E-state index contributed by atoms with van der Waals surface area (Å²) in [7, 11) is 0. The van der Waals surface area contributed by atoms with E-state index in [1.165, 1.54) is 44.9 Å². The van der Waals surface area contributed by atoms with Crippen molar-refractivity contribution in [3.63, 3.8) is 0 Å². The molecule has 0 aromatic carbocycles. The average Bonchev–Trinajstić information content (AvgIpc) is 2.54. The zero-order valence-electron chi connectivity index (χ0n) is 13.9. The number of hydrogen-bond donors (Lipinski definition) is 1. The number of piperidine rings is 1. The molecule has 1 saturated heterocycles. The van der Waals surface area contributed by atoms with Crippen molar-refractivity contribution in [1.29, 1.82) is 0 Å². The molecule has 3 heteroatoms. The monoisotopic (exact) mass is 294 g/mol. The summed E-state index contributed by atoms with van der Waals surface area (Å²) in [5.74, 6) is 1.96. The van der Waals surface area contributed by atoms with Crippen molar-refractivity contribution in [2.45, 2.75) is 71.1 Å². The first-order valence-electron chi connectivity index (χ1n) is 9.28. The van der Waals surface area contributed by atoms with E-state index in [0.717, 1.165) is 57.3 Å². The van der Waals surface area contributed by atoms with E-state index in [4.69, 9.17) is 0 Å². The van der Waals surface area contributed by atoms with Crippen molar-refractivity contribution in [3.8, 4) is 0 Å². The van der Waals surface area contributed by atoms with E-state index in [1.54, 1.807) is 0 Å². The van der Waals surface area contributed by atoms with Crippen molar-refractivity contribution in [1.82, 2.24) is 10.2 Å². The summed E-state index contributed by atoms with van der Waals surface area (Å²) < 4.78 is 0. The van der Waals surface area contributed by atoms with E-state index in [1.807, 2.05) is 0 Å². The predicted octanol–water partition coefficient (Wildman–Crippen LogP) is 3.59. The van der Waals surface area contributed by atoms with Crippen molar-refractivity contribution < 1.29 is 4.79 Å². The minimum Gasteiger partial charge on any atom is -0.342 e. The number of nitrogens with zero attached hydrogens (tertiary/aromatic N) is 1. The van der Waals surface area contributed by atoms with Crippen LogP contribution >= 0.6 is 0 Å². The van der Waals surface area contributed by atoms with Gasteiger partial charge in [0, 0.05) is 19.5 Å². The molecule has 0 atom stereocenters. The Kier molecular flexibility index (Phi) is 7.56. The maximum absolute atomic E-state index is 12.6. The molecule has 2 aliphatic rings. The largest absolute Gasteiger partial charge is 0.342 e. The third-order valence-electron chi connectivity index (χ3n) is 5.27. The summed E-state index contributed by atoms with van der Waals surface area (Å²) >= 11 is 0. The summed E-state index contributed by atoms with van der Waals surface area (Å²) in [6, 6.07) is 0. The Morgan fingerprint density at radius 2 is 1.76 bits per heavy atom. The average molecular weight is 294 g/mol. The van der Waals surface area contributed by atoms with Gasteiger partial charge >= 0.3 is 0 Å². The van der Waals surface area contributed by atoms with Crippen LogP contribution in [0.4, 0.5) is 0 Å². The molecular weight excluding hydrogens is 260 g/mol. The first kappa shape index (κ1) is 16.8. The van der Waals surface area contributed by atoms with Gasteiger partial charge in [-0.2, -0.15) is 0 Å². The molecule has 0 aromatic heterocycles. The number of hydrogen-bond acceptors (Lipinski definition) is 2. The summed E-state index contributed by atoms with van der Waals surface area (Å²) in [4.78, 5) is 14.7. The Bertz CT molecular complexity index is 294. The quantitative estimate of drug-likeness (QED) is 0.778. The Morgan fingerprint density at radius 3 is 2.43 bits per heavy atom. The van der Waals surface area contributed by atoms with Crippen LogP contribution in [0.3, 0.4) is 0 Å². The zero-order valence-corrected chi connectivity index (χ0v) is 13.9. The van der Waals surface area contributed by atoms with Gasteiger partial charge in [-0.15, -0.1) is 0 Å². The number of carbonyl (C=O) groups is 1. The van der Waals surface area contributed by atoms with E-state index in [2.05, 4.69) is 17.1 Å². The van der Waals surface area contributed by atoms with Crippen molar-refractivity contribution >= 4 is 5.91 Å². The van der Waals surface area contributed by atoms with Crippen molar-refractivity contribution in [2.75, 3.05) is 26.2 Å². The highest BCUT2D eigenvalue weighted by molar-refractivity contribution is 5.76. The van der Waals surface area contributed by atoms with Gasteiger partial charge in [-0.25, -0.2) is 0 Å². The van der Waals surface area contributed by atoms with E-state index in [-0.39, 0.29) is 0 Å². The summed E-state index contributed by atoms with van der Waals surface area (Å²) in [5, 5.41) is 3.40. The molecule has 0 aromatic rings. The molecule has 0 spiro atoms. The van der Waals surface area contributed by atoms with Crippen LogP contribution in [0, 0.1) is 11.8 Å². The van der Waals surface area contributed by atoms with Crippen LogP contribution in [0.2, 0.25) is 0 Å². The first-order valence-corrected chi connectivity index (χ1v) is 9.28. The van der Waals surface area contributed by atoms with Crippen LogP contribution < -0.4 is 5.32 Å². The molecule has 1 saturated carbocycles. The van der Waals surface area contributed by atoms with Gasteiger partial charge in [0.15, 0.2) is 0 Å².